The molecule has 0 radical (unpaired) electrons. The molecule has 0 bridgehead atoms. The van der Waals surface area contributed by atoms with Crippen LogP contribution in [0.5, 0.6) is 0 Å². The second-order valence-electron chi connectivity index (χ2n) is 4.20. The first kappa shape index (κ1) is 14.6. The number of furan rings is 1. The zero-order valence-corrected chi connectivity index (χ0v) is 12.5. The van der Waals surface area contributed by atoms with Gasteiger partial charge in [-0.2, -0.15) is 0 Å². The Hall–Kier alpha value is -1.82. The topological polar surface area (TPSA) is 55.6 Å². The third-order valence-electron chi connectivity index (χ3n) is 2.75. The van der Waals surface area contributed by atoms with E-state index in [0.717, 1.165) is 23.1 Å². The van der Waals surface area contributed by atoms with Gasteiger partial charge in [0.1, 0.15) is 5.76 Å². The molecular formula is C14H18N2O3S. The van der Waals surface area contributed by atoms with E-state index >= 15 is 0 Å². The van der Waals surface area contributed by atoms with Gasteiger partial charge in [0.25, 0.3) is 0 Å². The molecule has 0 atom stereocenters. The van der Waals surface area contributed by atoms with E-state index in [1.807, 2.05) is 17.5 Å². The van der Waals surface area contributed by atoms with Gasteiger partial charge in [-0.05, 0) is 26.0 Å². The number of ether oxygens (including phenoxy) is 1. The average Bonchev–Trinajstić information content (AvgIpc) is 3.07. The summed E-state index contributed by atoms with van der Waals surface area (Å²) in [6.07, 6.45) is 1.89. The predicted octanol–water partition coefficient (Wildman–Crippen LogP) is 2.87. The minimum Gasteiger partial charge on any atom is -0.467 e. The lowest BCUT2D eigenvalue weighted by Crippen LogP contribution is -2.21. The normalized spacial score (nSPS) is 10.5. The summed E-state index contributed by atoms with van der Waals surface area (Å²) >= 11 is 1.53. The van der Waals surface area contributed by atoms with Crippen LogP contribution < -0.4 is 4.90 Å². The first-order chi connectivity index (χ1) is 9.72. The highest BCUT2D eigenvalue weighted by molar-refractivity contribution is 7.13. The van der Waals surface area contributed by atoms with Crippen LogP contribution in [0.25, 0.3) is 0 Å². The van der Waals surface area contributed by atoms with Crippen LogP contribution in [-0.4, -0.2) is 24.1 Å². The van der Waals surface area contributed by atoms with Crippen molar-refractivity contribution in [2.45, 2.75) is 26.8 Å². The van der Waals surface area contributed by atoms with Gasteiger partial charge in [0, 0.05) is 11.9 Å². The molecule has 2 aromatic rings. The second kappa shape index (κ2) is 7.09. The summed E-state index contributed by atoms with van der Waals surface area (Å²) in [5.74, 6) is 0.660. The molecule has 0 saturated carbocycles. The Kier molecular flexibility index (Phi) is 5.17. The van der Waals surface area contributed by atoms with E-state index in [-0.39, 0.29) is 12.4 Å². The Morgan fingerprint density at radius 1 is 1.50 bits per heavy atom. The maximum Gasteiger partial charge on any atom is 0.311 e. The van der Waals surface area contributed by atoms with Gasteiger partial charge in [-0.25, -0.2) is 4.98 Å². The highest BCUT2D eigenvalue weighted by Crippen LogP contribution is 2.22. The molecule has 0 spiro atoms. The van der Waals surface area contributed by atoms with E-state index in [0.29, 0.717) is 13.2 Å². The number of carbonyl (C=O) groups excluding carboxylic acids is 1. The summed E-state index contributed by atoms with van der Waals surface area (Å²) in [7, 11) is 0. The Morgan fingerprint density at radius 2 is 2.35 bits per heavy atom. The van der Waals surface area contributed by atoms with Gasteiger partial charge in [-0.15, -0.1) is 11.3 Å². The smallest absolute Gasteiger partial charge is 0.311 e. The van der Waals surface area contributed by atoms with Crippen molar-refractivity contribution in [2.24, 2.45) is 0 Å². The summed E-state index contributed by atoms with van der Waals surface area (Å²) in [5, 5.41) is 2.79. The zero-order valence-electron chi connectivity index (χ0n) is 11.7. The number of hydrogen-bond donors (Lipinski definition) is 0. The van der Waals surface area contributed by atoms with E-state index in [4.69, 9.17) is 9.15 Å². The Bertz CT molecular complexity index is 536. The minimum atomic E-state index is -0.238. The fraction of sp³-hybridized carbons (Fsp3) is 0.429. The van der Waals surface area contributed by atoms with Crippen molar-refractivity contribution in [2.75, 3.05) is 18.1 Å². The first-order valence-corrected chi connectivity index (χ1v) is 7.48. The molecular weight excluding hydrogens is 276 g/mol. The summed E-state index contributed by atoms with van der Waals surface area (Å²) in [5.41, 5.74) is 0.751. The lowest BCUT2D eigenvalue weighted by molar-refractivity contribution is -0.142. The molecule has 0 aliphatic heterocycles. The van der Waals surface area contributed by atoms with Gasteiger partial charge in [-0.3, -0.25) is 4.79 Å². The molecule has 2 rings (SSSR count). The Morgan fingerprint density at radius 3 is 3.00 bits per heavy atom. The molecule has 0 fully saturated rings. The molecule has 0 aromatic carbocycles. The highest BCUT2D eigenvalue weighted by atomic mass is 32.1. The summed E-state index contributed by atoms with van der Waals surface area (Å²) in [6, 6.07) is 3.81. The maximum atomic E-state index is 11.4. The number of nitrogens with zero attached hydrogens (tertiary/aromatic N) is 2. The van der Waals surface area contributed by atoms with Gasteiger partial charge in [0.05, 0.1) is 31.5 Å². The van der Waals surface area contributed by atoms with Crippen LogP contribution in [0.2, 0.25) is 0 Å². The SMILES string of the molecule is CCOC(=O)Cc1csc(N(CC)Cc2ccco2)n1. The van der Waals surface area contributed by atoms with Gasteiger partial charge in [0.2, 0.25) is 0 Å². The van der Waals surface area contributed by atoms with Crippen LogP contribution in [0.1, 0.15) is 25.3 Å². The summed E-state index contributed by atoms with van der Waals surface area (Å²) < 4.78 is 10.3. The monoisotopic (exact) mass is 294 g/mol. The van der Waals surface area contributed by atoms with Crippen molar-refractivity contribution in [3.8, 4) is 0 Å². The number of anilines is 1. The van der Waals surface area contributed by atoms with Crippen LogP contribution in [0, 0.1) is 0 Å². The average molecular weight is 294 g/mol. The molecule has 5 nitrogen and oxygen atoms in total. The molecule has 0 saturated heterocycles. The van der Waals surface area contributed by atoms with E-state index in [1.54, 1.807) is 13.2 Å². The van der Waals surface area contributed by atoms with E-state index in [2.05, 4.69) is 16.8 Å². The number of aromatic nitrogens is 1. The highest BCUT2D eigenvalue weighted by Gasteiger charge is 2.13. The molecule has 6 heteroatoms. The Labute approximate surface area is 122 Å². The quantitative estimate of drug-likeness (QED) is 0.735. The van der Waals surface area contributed by atoms with Crippen LogP contribution in [0.4, 0.5) is 5.13 Å². The maximum absolute atomic E-state index is 11.4. The van der Waals surface area contributed by atoms with Crippen molar-refractivity contribution in [1.29, 1.82) is 0 Å². The standard InChI is InChI=1S/C14H18N2O3S/c1-3-16(9-12-6-5-7-19-12)14-15-11(10-20-14)8-13(17)18-4-2/h5-7,10H,3-4,8-9H2,1-2H3. The number of esters is 1. The molecule has 2 heterocycles. The van der Waals surface area contributed by atoms with Crippen molar-refractivity contribution in [3.05, 3.63) is 35.2 Å². The molecule has 2 aromatic heterocycles. The molecule has 0 aliphatic carbocycles. The summed E-state index contributed by atoms with van der Waals surface area (Å²) in [4.78, 5) is 18.0. The molecule has 20 heavy (non-hydrogen) atoms. The minimum absolute atomic E-state index is 0.225. The number of rotatable bonds is 7. The van der Waals surface area contributed by atoms with Crippen LogP contribution in [0.15, 0.2) is 28.2 Å². The second-order valence-corrected chi connectivity index (χ2v) is 5.03. The third-order valence-corrected chi connectivity index (χ3v) is 3.70. The molecule has 108 valence electrons. The van der Waals surface area contributed by atoms with Crippen LogP contribution >= 0.6 is 11.3 Å². The van der Waals surface area contributed by atoms with Crippen molar-refractivity contribution < 1.29 is 13.9 Å². The Balaban J connectivity index is 2.00. The van der Waals surface area contributed by atoms with Crippen LogP contribution in [0.3, 0.4) is 0 Å². The van der Waals surface area contributed by atoms with Gasteiger partial charge < -0.3 is 14.1 Å². The van der Waals surface area contributed by atoms with E-state index in [9.17, 15) is 4.79 Å². The van der Waals surface area contributed by atoms with E-state index < -0.39 is 0 Å². The van der Waals surface area contributed by atoms with Gasteiger partial charge >= 0.3 is 5.97 Å². The third kappa shape index (κ3) is 3.84. The number of thiazole rings is 1. The van der Waals surface area contributed by atoms with Crippen molar-refractivity contribution >= 4 is 22.4 Å². The fourth-order valence-electron chi connectivity index (χ4n) is 1.79. The van der Waals surface area contributed by atoms with Crippen molar-refractivity contribution in [1.82, 2.24) is 4.98 Å². The molecule has 0 aliphatic rings. The lowest BCUT2D eigenvalue weighted by Gasteiger charge is -2.17. The molecule has 0 amide bonds. The lowest BCUT2D eigenvalue weighted by atomic mass is 10.3. The number of carbonyl (C=O) groups is 1. The predicted molar refractivity (Wildman–Crippen MR) is 77.9 cm³/mol. The van der Waals surface area contributed by atoms with Crippen LogP contribution in [-0.2, 0) is 22.5 Å². The largest absolute Gasteiger partial charge is 0.467 e. The fourth-order valence-corrected chi connectivity index (χ4v) is 2.68. The number of hydrogen-bond acceptors (Lipinski definition) is 6. The molecule has 0 unspecified atom stereocenters. The van der Waals surface area contributed by atoms with Crippen molar-refractivity contribution in [3.63, 3.8) is 0 Å². The first-order valence-electron chi connectivity index (χ1n) is 6.60. The molecule has 0 N–H and O–H groups in total. The van der Waals surface area contributed by atoms with E-state index in [1.165, 1.54) is 11.3 Å². The van der Waals surface area contributed by atoms with Gasteiger partial charge in [0.15, 0.2) is 5.13 Å². The van der Waals surface area contributed by atoms with Gasteiger partial charge in [-0.1, -0.05) is 0 Å². The summed E-state index contributed by atoms with van der Waals surface area (Å²) in [6.45, 7) is 5.76. The zero-order chi connectivity index (χ0) is 14.4.